The van der Waals surface area contributed by atoms with E-state index in [9.17, 15) is 0 Å². The predicted octanol–water partition coefficient (Wildman–Crippen LogP) is 10.4. The Bertz CT molecular complexity index is 858. The highest BCUT2D eigenvalue weighted by Gasteiger charge is 2.22. The van der Waals surface area contributed by atoms with E-state index in [4.69, 9.17) is 9.47 Å². The van der Waals surface area contributed by atoms with Crippen molar-refractivity contribution in [3.63, 3.8) is 0 Å². The average Bonchev–Trinajstić information content (AvgIpc) is 3.36. The van der Waals surface area contributed by atoms with Gasteiger partial charge in [-0.05, 0) is 59.7 Å². The van der Waals surface area contributed by atoms with E-state index in [0.717, 1.165) is 28.5 Å². The third kappa shape index (κ3) is 6.21. The fraction of sp³-hybridized carbons (Fsp3) is 0.630. The van der Waals surface area contributed by atoms with Gasteiger partial charge in [0.1, 0.15) is 11.5 Å². The van der Waals surface area contributed by atoms with Gasteiger partial charge >= 0.3 is 0 Å². The van der Waals surface area contributed by atoms with E-state index >= 15 is 0 Å². The largest absolute Gasteiger partial charge is 0.491 e. The molecule has 1 aromatic carbocycles. The van der Waals surface area contributed by atoms with Gasteiger partial charge in [0.25, 0.3) is 0 Å². The lowest BCUT2D eigenvalue weighted by Crippen LogP contribution is -2.12. The fourth-order valence-corrected chi connectivity index (χ4v) is 6.91. The molecule has 0 bridgehead atoms. The van der Waals surface area contributed by atoms with Crippen LogP contribution in [0.4, 0.5) is 0 Å². The molecular weight excluding hydrogens is 500 g/mol. The summed E-state index contributed by atoms with van der Waals surface area (Å²) in [4.78, 5) is 1.31. The summed E-state index contributed by atoms with van der Waals surface area (Å²) in [6, 6.07) is 4.51. The quantitative estimate of drug-likeness (QED) is 0.203. The molecule has 3 aromatic rings. The Hall–Kier alpha value is -0.780. The first kappa shape index (κ1) is 25.8. The molecule has 0 spiro atoms. The lowest BCUT2D eigenvalue weighted by Gasteiger charge is -2.19. The topological polar surface area (TPSA) is 18.5 Å². The number of halogens is 1. The van der Waals surface area contributed by atoms with E-state index < -0.39 is 0 Å². The zero-order valence-corrected chi connectivity index (χ0v) is 23.6. The summed E-state index contributed by atoms with van der Waals surface area (Å²) in [5.41, 5.74) is 0. The Balaban J connectivity index is 1.96. The number of hydrogen-bond donors (Lipinski definition) is 0. The molecule has 0 saturated heterocycles. The van der Waals surface area contributed by atoms with Gasteiger partial charge in [0.05, 0.1) is 26.4 Å². The van der Waals surface area contributed by atoms with Gasteiger partial charge in [-0.25, -0.2) is 0 Å². The smallest absolute Gasteiger partial charge is 0.146 e. The number of aryl methyl sites for hydroxylation is 1. The number of unbranched alkanes of at least 4 members (excludes halogenated alkanes) is 2. The van der Waals surface area contributed by atoms with Gasteiger partial charge < -0.3 is 9.47 Å². The summed E-state index contributed by atoms with van der Waals surface area (Å²) in [6.07, 6.45) is 9.86. The monoisotopic (exact) mass is 538 g/mol. The van der Waals surface area contributed by atoms with Crippen LogP contribution in [0, 0.1) is 18.8 Å². The Morgan fingerprint density at radius 2 is 1.28 bits per heavy atom. The second-order valence-corrected chi connectivity index (χ2v) is 12.7. The number of rotatable bonds is 14. The first-order chi connectivity index (χ1) is 15.5. The van der Waals surface area contributed by atoms with Crippen molar-refractivity contribution in [3.05, 3.63) is 20.8 Å². The van der Waals surface area contributed by atoms with Crippen molar-refractivity contribution in [2.24, 2.45) is 11.8 Å². The number of fused-ring (bicyclic) bond motifs is 2. The van der Waals surface area contributed by atoms with Crippen LogP contribution in [0.1, 0.15) is 83.9 Å². The third-order valence-electron chi connectivity index (χ3n) is 6.47. The lowest BCUT2D eigenvalue weighted by atomic mass is 10.0. The molecule has 0 amide bonds. The van der Waals surface area contributed by atoms with E-state index in [-0.39, 0.29) is 0 Å². The van der Waals surface area contributed by atoms with Crippen molar-refractivity contribution < 1.29 is 9.47 Å². The van der Waals surface area contributed by atoms with E-state index in [0.29, 0.717) is 11.8 Å². The standard InChI is InChI=1S/C27H39BrO2S2/c1-6-10-12-19(8-3)16-29-24-21-14-18(5)31-26(21)25(22-15-23(28)32-27(22)24)30-17-20(9-4)13-11-7-2/h14-15,19-20H,6-13,16-17H2,1-5H3. The summed E-state index contributed by atoms with van der Waals surface area (Å²) in [7, 11) is 0. The zero-order valence-electron chi connectivity index (χ0n) is 20.4. The highest BCUT2D eigenvalue weighted by molar-refractivity contribution is 9.11. The second kappa shape index (κ2) is 12.6. The van der Waals surface area contributed by atoms with Gasteiger partial charge in [-0.2, -0.15) is 0 Å². The van der Waals surface area contributed by atoms with Crippen molar-refractivity contribution in [3.8, 4) is 11.5 Å². The molecule has 5 heteroatoms. The highest BCUT2D eigenvalue weighted by atomic mass is 79.9. The van der Waals surface area contributed by atoms with E-state index in [1.165, 1.54) is 76.4 Å². The van der Waals surface area contributed by atoms with Gasteiger partial charge in [0.2, 0.25) is 0 Å². The predicted molar refractivity (Wildman–Crippen MR) is 147 cm³/mol. The van der Waals surface area contributed by atoms with Crippen LogP contribution in [0.5, 0.6) is 11.5 Å². The van der Waals surface area contributed by atoms with Gasteiger partial charge in [0.15, 0.2) is 0 Å². The molecule has 2 atom stereocenters. The maximum absolute atomic E-state index is 6.60. The number of ether oxygens (including phenoxy) is 2. The minimum atomic E-state index is 0.614. The van der Waals surface area contributed by atoms with Crippen molar-refractivity contribution in [1.82, 2.24) is 0 Å². The van der Waals surface area contributed by atoms with Crippen LogP contribution in [-0.2, 0) is 0 Å². The van der Waals surface area contributed by atoms with Crippen LogP contribution < -0.4 is 9.47 Å². The van der Waals surface area contributed by atoms with E-state index in [1.807, 2.05) is 11.3 Å². The van der Waals surface area contributed by atoms with Gasteiger partial charge in [0, 0.05) is 15.6 Å². The maximum atomic E-state index is 6.60. The SMILES string of the molecule is CCCCC(CC)COc1c2cc(Br)sc2c(OCC(CC)CCCC)c2cc(C)sc12. The minimum absolute atomic E-state index is 0.614. The van der Waals surface area contributed by atoms with Gasteiger partial charge in [-0.15, -0.1) is 22.7 Å². The Morgan fingerprint density at radius 3 is 1.78 bits per heavy atom. The summed E-state index contributed by atoms with van der Waals surface area (Å²) in [5.74, 6) is 3.33. The molecule has 2 aromatic heterocycles. The zero-order chi connectivity index (χ0) is 23.1. The molecule has 0 fully saturated rings. The molecule has 0 radical (unpaired) electrons. The Kier molecular flexibility index (Phi) is 10.2. The maximum Gasteiger partial charge on any atom is 0.146 e. The molecule has 2 unspecified atom stereocenters. The molecule has 0 aliphatic heterocycles. The molecule has 2 heterocycles. The molecule has 2 nitrogen and oxygen atoms in total. The minimum Gasteiger partial charge on any atom is -0.491 e. The van der Waals surface area contributed by atoms with Gasteiger partial charge in [-0.1, -0.05) is 66.2 Å². The fourth-order valence-electron chi connectivity index (χ4n) is 4.28. The molecule has 178 valence electrons. The lowest BCUT2D eigenvalue weighted by molar-refractivity contribution is 0.235. The van der Waals surface area contributed by atoms with E-state index in [2.05, 4.69) is 62.7 Å². The molecule has 0 N–H and O–H groups in total. The average molecular weight is 540 g/mol. The van der Waals surface area contributed by atoms with Crippen molar-refractivity contribution in [2.75, 3.05) is 13.2 Å². The summed E-state index contributed by atoms with van der Waals surface area (Å²) < 4.78 is 16.8. The number of thiophene rings is 2. The summed E-state index contributed by atoms with van der Waals surface area (Å²) in [5, 5.41) is 2.41. The Labute approximate surface area is 210 Å². The number of hydrogen-bond acceptors (Lipinski definition) is 4. The summed E-state index contributed by atoms with van der Waals surface area (Å²) in [6.45, 7) is 12.9. The molecule has 0 aliphatic carbocycles. The molecule has 0 aliphatic rings. The van der Waals surface area contributed by atoms with Crippen LogP contribution in [0.3, 0.4) is 0 Å². The third-order valence-corrected chi connectivity index (χ3v) is 9.16. The molecule has 3 rings (SSSR count). The van der Waals surface area contributed by atoms with Crippen LogP contribution in [0.2, 0.25) is 0 Å². The van der Waals surface area contributed by atoms with Crippen molar-refractivity contribution in [1.29, 1.82) is 0 Å². The molecule has 0 saturated carbocycles. The van der Waals surface area contributed by atoms with Crippen LogP contribution in [0.25, 0.3) is 20.2 Å². The highest BCUT2D eigenvalue weighted by Crippen LogP contribution is 2.50. The Morgan fingerprint density at radius 1 is 0.781 bits per heavy atom. The first-order valence-electron chi connectivity index (χ1n) is 12.4. The van der Waals surface area contributed by atoms with Crippen LogP contribution in [0.15, 0.2) is 15.9 Å². The normalized spacial score (nSPS) is 13.7. The van der Waals surface area contributed by atoms with Crippen LogP contribution >= 0.6 is 38.6 Å². The first-order valence-corrected chi connectivity index (χ1v) is 14.8. The summed E-state index contributed by atoms with van der Waals surface area (Å²) >= 11 is 7.33. The second-order valence-electron chi connectivity index (χ2n) is 9.01. The molecule has 32 heavy (non-hydrogen) atoms. The van der Waals surface area contributed by atoms with E-state index in [1.54, 1.807) is 11.3 Å². The number of benzene rings is 1. The van der Waals surface area contributed by atoms with Crippen molar-refractivity contribution in [2.45, 2.75) is 86.0 Å². The molecular formula is C27H39BrO2S2. The van der Waals surface area contributed by atoms with Crippen molar-refractivity contribution >= 4 is 58.8 Å². The van der Waals surface area contributed by atoms with Gasteiger partial charge in [-0.3, -0.25) is 0 Å². The van der Waals surface area contributed by atoms with Crippen LogP contribution in [-0.4, -0.2) is 13.2 Å².